The summed E-state index contributed by atoms with van der Waals surface area (Å²) in [6, 6.07) is 1.40. The highest BCUT2D eigenvalue weighted by Gasteiger charge is 2.37. The molecular formula is C14H15F4N3O. The summed E-state index contributed by atoms with van der Waals surface area (Å²) >= 11 is 0. The van der Waals surface area contributed by atoms with Crippen molar-refractivity contribution in [1.82, 2.24) is 15.2 Å². The first-order valence-corrected chi connectivity index (χ1v) is 7.11. The predicted octanol–water partition coefficient (Wildman–Crippen LogP) is 2.06. The number of piperidine rings is 3. The molecule has 2 bridgehead atoms. The Labute approximate surface area is 124 Å². The molecule has 1 atom stereocenters. The van der Waals surface area contributed by atoms with E-state index >= 15 is 0 Å². The minimum atomic E-state index is -4.82. The third-order valence-electron chi connectivity index (χ3n) is 4.36. The molecule has 3 aliphatic rings. The van der Waals surface area contributed by atoms with Crippen LogP contribution in [0.5, 0.6) is 0 Å². The van der Waals surface area contributed by atoms with E-state index in [4.69, 9.17) is 0 Å². The molecule has 1 N–H and O–H groups in total. The number of aromatic nitrogens is 1. The van der Waals surface area contributed by atoms with Crippen LogP contribution in [0.3, 0.4) is 0 Å². The molecule has 4 heterocycles. The third-order valence-corrected chi connectivity index (χ3v) is 4.36. The van der Waals surface area contributed by atoms with Crippen LogP contribution in [0.2, 0.25) is 0 Å². The number of nitrogens with one attached hydrogen (secondary N) is 1. The number of rotatable bonds is 2. The minimum Gasteiger partial charge on any atom is -0.346 e. The van der Waals surface area contributed by atoms with Crippen molar-refractivity contribution in [1.29, 1.82) is 0 Å². The Morgan fingerprint density at radius 3 is 2.45 bits per heavy atom. The van der Waals surface area contributed by atoms with Gasteiger partial charge in [0, 0.05) is 12.6 Å². The molecule has 8 heteroatoms. The van der Waals surface area contributed by atoms with Gasteiger partial charge in [0.05, 0.1) is 0 Å². The van der Waals surface area contributed by atoms with Gasteiger partial charge in [-0.1, -0.05) is 0 Å². The number of carbonyl (C=O) groups is 1. The van der Waals surface area contributed by atoms with Gasteiger partial charge in [0.15, 0.2) is 0 Å². The van der Waals surface area contributed by atoms with Crippen molar-refractivity contribution in [3.63, 3.8) is 0 Å². The minimum absolute atomic E-state index is 0.0536. The molecule has 1 aromatic heterocycles. The number of hydrogen-bond donors (Lipinski definition) is 1. The first kappa shape index (κ1) is 15.2. The zero-order chi connectivity index (χ0) is 15.9. The normalized spacial score (nSPS) is 27.7. The van der Waals surface area contributed by atoms with E-state index < -0.39 is 23.6 Å². The van der Waals surface area contributed by atoms with Crippen LogP contribution in [0.1, 0.15) is 28.9 Å². The highest BCUT2D eigenvalue weighted by atomic mass is 19.4. The van der Waals surface area contributed by atoms with Gasteiger partial charge in [0.1, 0.15) is 11.3 Å². The second kappa shape index (κ2) is 5.49. The Kier molecular flexibility index (Phi) is 3.80. The molecule has 1 amide bonds. The molecule has 120 valence electrons. The van der Waals surface area contributed by atoms with Gasteiger partial charge in [0.2, 0.25) is 5.95 Å². The Hall–Kier alpha value is -1.70. The van der Waals surface area contributed by atoms with Crippen LogP contribution in [-0.2, 0) is 6.18 Å². The number of carbonyl (C=O) groups excluding carboxylic acids is 1. The molecule has 3 aliphatic heterocycles. The lowest BCUT2D eigenvalue weighted by molar-refractivity contribution is -0.140. The number of halogens is 4. The molecule has 0 saturated carbocycles. The van der Waals surface area contributed by atoms with E-state index in [1.807, 2.05) is 0 Å². The van der Waals surface area contributed by atoms with Crippen molar-refractivity contribution >= 4 is 5.91 Å². The molecule has 3 saturated heterocycles. The number of hydrogen-bond acceptors (Lipinski definition) is 3. The van der Waals surface area contributed by atoms with E-state index in [9.17, 15) is 22.4 Å². The Morgan fingerprint density at radius 1 is 1.27 bits per heavy atom. The molecule has 3 fully saturated rings. The lowest BCUT2D eigenvalue weighted by Crippen LogP contribution is -2.57. The number of alkyl halides is 3. The van der Waals surface area contributed by atoms with Crippen LogP contribution < -0.4 is 5.32 Å². The van der Waals surface area contributed by atoms with E-state index in [1.165, 1.54) is 0 Å². The van der Waals surface area contributed by atoms with E-state index in [1.54, 1.807) is 0 Å². The quantitative estimate of drug-likeness (QED) is 0.671. The Bertz CT molecular complexity index is 582. The fraction of sp³-hybridized carbons (Fsp3) is 0.571. The van der Waals surface area contributed by atoms with Gasteiger partial charge in [-0.2, -0.15) is 17.6 Å². The molecule has 0 aromatic carbocycles. The lowest BCUT2D eigenvalue weighted by Gasteiger charge is -2.44. The van der Waals surface area contributed by atoms with Crippen LogP contribution in [0.15, 0.2) is 12.1 Å². The molecule has 22 heavy (non-hydrogen) atoms. The summed E-state index contributed by atoms with van der Waals surface area (Å²) in [6.45, 7) is 2.73. The molecule has 0 unspecified atom stereocenters. The van der Waals surface area contributed by atoms with E-state index in [0.717, 1.165) is 38.5 Å². The summed E-state index contributed by atoms with van der Waals surface area (Å²) in [5, 5.41) is 2.76. The summed E-state index contributed by atoms with van der Waals surface area (Å²) < 4.78 is 50.8. The smallest absolute Gasteiger partial charge is 0.346 e. The number of amides is 1. The number of fused-ring (bicyclic) bond motifs is 3. The second-order valence-electron chi connectivity index (χ2n) is 5.75. The predicted molar refractivity (Wildman–Crippen MR) is 69.6 cm³/mol. The van der Waals surface area contributed by atoms with Gasteiger partial charge >= 0.3 is 6.18 Å². The van der Waals surface area contributed by atoms with Crippen LogP contribution in [0.4, 0.5) is 17.6 Å². The van der Waals surface area contributed by atoms with Gasteiger partial charge < -0.3 is 10.2 Å². The summed E-state index contributed by atoms with van der Waals surface area (Å²) in [6.07, 6.45) is -2.85. The molecule has 4 nitrogen and oxygen atoms in total. The van der Waals surface area contributed by atoms with Gasteiger partial charge in [0.25, 0.3) is 5.91 Å². The van der Waals surface area contributed by atoms with Crippen LogP contribution in [0, 0.1) is 11.9 Å². The van der Waals surface area contributed by atoms with Crippen molar-refractivity contribution in [3.8, 4) is 0 Å². The van der Waals surface area contributed by atoms with Crippen LogP contribution >= 0.6 is 0 Å². The third kappa shape index (κ3) is 2.92. The fourth-order valence-corrected chi connectivity index (χ4v) is 3.14. The molecule has 1 aromatic rings. The first-order valence-electron chi connectivity index (χ1n) is 7.11. The average Bonchev–Trinajstić information content (AvgIpc) is 2.47. The average molecular weight is 317 g/mol. The Morgan fingerprint density at radius 2 is 1.95 bits per heavy atom. The number of nitrogens with zero attached hydrogens (tertiary/aromatic N) is 2. The Balaban J connectivity index is 1.71. The summed E-state index contributed by atoms with van der Waals surface area (Å²) in [7, 11) is 0. The maximum atomic E-state index is 13.4. The van der Waals surface area contributed by atoms with Gasteiger partial charge in [-0.25, -0.2) is 4.98 Å². The standard InChI is InChI=1S/C14H15F4N3O/c15-12-9(14(16,17)18)1-2-10(19-12)13(22)20-11-7-21-5-3-8(11)4-6-21/h1-2,8,11H,3-7H2,(H,20,22)/t11-/m0/s1. The summed E-state index contributed by atoms with van der Waals surface area (Å²) in [5.41, 5.74) is -1.80. The maximum Gasteiger partial charge on any atom is 0.420 e. The highest BCUT2D eigenvalue weighted by Crippen LogP contribution is 2.31. The number of pyridine rings is 1. The van der Waals surface area contributed by atoms with Crippen molar-refractivity contribution in [2.24, 2.45) is 5.92 Å². The molecule has 0 aliphatic carbocycles. The van der Waals surface area contributed by atoms with Crippen molar-refractivity contribution in [2.45, 2.75) is 25.1 Å². The molecule has 0 radical (unpaired) electrons. The fourth-order valence-electron chi connectivity index (χ4n) is 3.14. The first-order chi connectivity index (χ1) is 10.3. The highest BCUT2D eigenvalue weighted by molar-refractivity contribution is 5.92. The van der Waals surface area contributed by atoms with Crippen LogP contribution in [-0.4, -0.2) is 41.5 Å². The topological polar surface area (TPSA) is 45.2 Å². The molecule has 0 spiro atoms. The zero-order valence-corrected chi connectivity index (χ0v) is 11.7. The monoisotopic (exact) mass is 317 g/mol. The largest absolute Gasteiger partial charge is 0.420 e. The molecular weight excluding hydrogens is 302 g/mol. The zero-order valence-electron chi connectivity index (χ0n) is 11.7. The second-order valence-corrected chi connectivity index (χ2v) is 5.75. The summed E-state index contributed by atoms with van der Waals surface area (Å²) in [4.78, 5) is 17.4. The van der Waals surface area contributed by atoms with Gasteiger partial charge in [-0.05, 0) is 44.0 Å². The SMILES string of the molecule is O=C(N[C@H]1CN2CCC1CC2)c1ccc(C(F)(F)F)c(F)n1. The van der Waals surface area contributed by atoms with Crippen molar-refractivity contribution in [3.05, 3.63) is 29.3 Å². The van der Waals surface area contributed by atoms with Crippen molar-refractivity contribution < 1.29 is 22.4 Å². The van der Waals surface area contributed by atoms with Gasteiger partial charge in [-0.3, -0.25) is 4.79 Å². The summed E-state index contributed by atoms with van der Waals surface area (Å²) in [5.74, 6) is -1.94. The van der Waals surface area contributed by atoms with E-state index in [-0.39, 0.29) is 11.7 Å². The van der Waals surface area contributed by atoms with Crippen molar-refractivity contribution in [2.75, 3.05) is 19.6 Å². The maximum absolute atomic E-state index is 13.4. The molecule has 4 rings (SSSR count). The van der Waals surface area contributed by atoms with E-state index in [0.29, 0.717) is 12.0 Å². The lowest BCUT2D eigenvalue weighted by atomic mass is 9.84. The van der Waals surface area contributed by atoms with E-state index in [2.05, 4.69) is 15.2 Å². The van der Waals surface area contributed by atoms with Crippen LogP contribution in [0.25, 0.3) is 0 Å². The van der Waals surface area contributed by atoms with Gasteiger partial charge in [-0.15, -0.1) is 0 Å².